The van der Waals surface area contributed by atoms with Gasteiger partial charge in [0.05, 0.1) is 0 Å². The summed E-state index contributed by atoms with van der Waals surface area (Å²) >= 11 is 0. The molecule has 0 N–H and O–H groups in total. The Bertz CT molecular complexity index is 125. The Hall–Kier alpha value is -0.520. The molecule has 0 bridgehead atoms. The van der Waals surface area contributed by atoms with Gasteiger partial charge in [0, 0.05) is 0 Å². The SMILES string of the molecule is C/C=C\C=C/C1CCCC1. The normalized spacial score (nSPS) is 21.7. The molecule has 10 heavy (non-hydrogen) atoms. The molecule has 1 fully saturated rings. The van der Waals surface area contributed by atoms with Crippen LogP contribution in [0.2, 0.25) is 0 Å². The van der Waals surface area contributed by atoms with Crippen molar-refractivity contribution in [2.75, 3.05) is 0 Å². The van der Waals surface area contributed by atoms with Gasteiger partial charge in [-0.25, -0.2) is 0 Å². The number of rotatable bonds is 2. The van der Waals surface area contributed by atoms with Crippen molar-refractivity contribution in [2.45, 2.75) is 32.6 Å². The van der Waals surface area contributed by atoms with Crippen LogP contribution in [0.5, 0.6) is 0 Å². The van der Waals surface area contributed by atoms with Crippen molar-refractivity contribution < 1.29 is 0 Å². The Morgan fingerprint density at radius 2 is 1.80 bits per heavy atom. The predicted molar refractivity (Wildman–Crippen MR) is 45.9 cm³/mol. The highest BCUT2D eigenvalue weighted by Crippen LogP contribution is 2.25. The Morgan fingerprint density at radius 1 is 1.10 bits per heavy atom. The molecule has 0 aromatic rings. The molecule has 56 valence electrons. The molecule has 1 saturated carbocycles. The lowest BCUT2D eigenvalue weighted by Gasteiger charge is -1.97. The molecule has 0 amide bonds. The fourth-order valence-electron chi connectivity index (χ4n) is 1.48. The molecule has 0 unspecified atom stereocenters. The quantitative estimate of drug-likeness (QED) is 0.511. The molecule has 0 heterocycles. The van der Waals surface area contributed by atoms with Gasteiger partial charge in [-0.1, -0.05) is 37.1 Å². The largest absolute Gasteiger partial charge is 0.0877 e. The molecule has 1 aliphatic carbocycles. The molecule has 1 rings (SSSR count). The summed E-state index contributed by atoms with van der Waals surface area (Å²) in [5.74, 6) is 0.885. The highest BCUT2D eigenvalue weighted by atomic mass is 14.2. The van der Waals surface area contributed by atoms with Gasteiger partial charge in [-0.15, -0.1) is 0 Å². The number of hydrogen-bond donors (Lipinski definition) is 0. The fourth-order valence-corrected chi connectivity index (χ4v) is 1.48. The molecule has 1 aliphatic rings. The van der Waals surface area contributed by atoms with E-state index in [0.29, 0.717) is 0 Å². The van der Waals surface area contributed by atoms with E-state index < -0.39 is 0 Å². The lowest BCUT2D eigenvalue weighted by atomic mass is 10.1. The van der Waals surface area contributed by atoms with Crippen molar-refractivity contribution in [2.24, 2.45) is 5.92 Å². The third kappa shape index (κ3) is 2.38. The van der Waals surface area contributed by atoms with Gasteiger partial charge in [0.2, 0.25) is 0 Å². The zero-order chi connectivity index (χ0) is 7.23. The van der Waals surface area contributed by atoms with Crippen molar-refractivity contribution in [3.8, 4) is 0 Å². The van der Waals surface area contributed by atoms with Crippen molar-refractivity contribution in [1.82, 2.24) is 0 Å². The highest BCUT2D eigenvalue weighted by molar-refractivity contribution is 5.03. The Kier molecular flexibility index (Phi) is 3.28. The van der Waals surface area contributed by atoms with Gasteiger partial charge < -0.3 is 0 Å². The Balaban J connectivity index is 2.22. The van der Waals surface area contributed by atoms with Crippen molar-refractivity contribution in [3.05, 3.63) is 24.3 Å². The average Bonchev–Trinajstić information content (AvgIpc) is 2.41. The van der Waals surface area contributed by atoms with Gasteiger partial charge >= 0.3 is 0 Å². The van der Waals surface area contributed by atoms with E-state index in [0.717, 1.165) is 5.92 Å². The van der Waals surface area contributed by atoms with Gasteiger partial charge in [-0.3, -0.25) is 0 Å². The summed E-state index contributed by atoms with van der Waals surface area (Å²) in [7, 11) is 0. The van der Waals surface area contributed by atoms with Crippen LogP contribution >= 0.6 is 0 Å². The summed E-state index contributed by atoms with van der Waals surface area (Å²) in [6.45, 7) is 2.05. The zero-order valence-corrected chi connectivity index (χ0v) is 6.72. The minimum Gasteiger partial charge on any atom is -0.0877 e. The molecule has 0 spiro atoms. The second-order valence-corrected chi connectivity index (χ2v) is 2.96. The van der Waals surface area contributed by atoms with E-state index in [2.05, 4.69) is 31.2 Å². The first-order valence-electron chi connectivity index (χ1n) is 4.23. The summed E-state index contributed by atoms with van der Waals surface area (Å²) in [4.78, 5) is 0. The minimum absolute atomic E-state index is 0.885. The first-order valence-corrected chi connectivity index (χ1v) is 4.23. The van der Waals surface area contributed by atoms with Crippen LogP contribution in [-0.2, 0) is 0 Å². The van der Waals surface area contributed by atoms with Gasteiger partial charge in [0.25, 0.3) is 0 Å². The fraction of sp³-hybridized carbons (Fsp3) is 0.600. The van der Waals surface area contributed by atoms with E-state index in [-0.39, 0.29) is 0 Å². The van der Waals surface area contributed by atoms with E-state index in [9.17, 15) is 0 Å². The maximum Gasteiger partial charge on any atom is -0.0230 e. The molecule has 0 atom stereocenters. The van der Waals surface area contributed by atoms with Crippen LogP contribution in [0.15, 0.2) is 24.3 Å². The molecular weight excluding hydrogens is 120 g/mol. The lowest BCUT2D eigenvalue weighted by molar-refractivity contribution is 0.686. The molecule has 0 aromatic heterocycles. The molecule has 0 radical (unpaired) electrons. The summed E-state index contributed by atoms with van der Waals surface area (Å²) in [6, 6.07) is 0. The standard InChI is InChI=1S/C10H16/c1-2-3-4-7-10-8-5-6-9-10/h2-4,7,10H,5-6,8-9H2,1H3/b3-2-,7-4-. The van der Waals surface area contributed by atoms with Crippen LogP contribution in [0, 0.1) is 5.92 Å². The van der Waals surface area contributed by atoms with Crippen LogP contribution in [-0.4, -0.2) is 0 Å². The molecular formula is C10H16. The molecule has 0 heteroatoms. The van der Waals surface area contributed by atoms with Gasteiger partial charge in [0.1, 0.15) is 0 Å². The van der Waals surface area contributed by atoms with Crippen LogP contribution in [0.4, 0.5) is 0 Å². The van der Waals surface area contributed by atoms with Crippen molar-refractivity contribution in [1.29, 1.82) is 0 Å². The Labute approximate surface area is 63.6 Å². The third-order valence-electron chi connectivity index (χ3n) is 2.09. The maximum absolute atomic E-state index is 2.34. The van der Waals surface area contributed by atoms with Crippen molar-refractivity contribution >= 4 is 0 Å². The average molecular weight is 136 g/mol. The van der Waals surface area contributed by atoms with Crippen molar-refractivity contribution in [3.63, 3.8) is 0 Å². The summed E-state index contributed by atoms with van der Waals surface area (Å²) in [6.07, 6.45) is 14.4. The summed E-state index contributed by atoms with van der Waals surface area (Å²) in [5.41, 5.74) is 0. The highest BCUT2D eigenvalue weighted by Gasteiger charge is 2.10. The van der Waals surface area contributed by atoms with E-state index in [1.807, 2.05) is 0 Å². The lowest BCUT2D eigenvalue weighted by Crippen LogP contribution is -1.83. The van der Waals surface area contributed by atoms with E-state index in [1.54, 1.807) is 0 Å². The zero-order valence-electron chi connectivity index (χ0n) is 6.72. The molecule has 0 aromatic carbocycles. The van der Waals surface area contributed by atoms with E-state index in [1.165, 1.54) is 25.7 Å². The molecule has 0 saturated heterocycles. The smallest absolute Gasteiger partial charge is 0.0230 e. The monoisotopic (exact) mass is 136 g/mol. The van der Waals surface area contributed by atoms with Crippen LogP contribution in [0.25, 0.3) is 0 Å². The summed E-state index contributed by atoms with van der Waals surface area (Å²) < 4.78 is 0. The van der Waals surface area contributed by atoms with Crippen LogP contribution < -0.4 is 0 Å². The number of allylic oxidation sites excluding steroid dienone is 4. The van der Waals surface area contributed by atoms with E-state index in [4.69, 9.17) is 0 Å². The third-order valence-corrected chi connectivity index (χ3v) is 2.09. The van der Waals surface area contributed by atoms with Gasteiger partial charge in [0.15, 0.2) is 0 Å². The second kappa shape index (κ2) is 4.32. The molecule has 0 nitrogen and oxygen atoms in total. The topological polar surface area (TPSA) is 0 Å². The van der Waals surface area contributed by atoms with E-state index >= 15 is 0 Å². The molecule has 0 aliphatic heterocycles. The summed E-state index contributed by atoms with van der Waals surface area (Å²) in [5, 5.41) is 0. The first kappa shape index (κ1) is 7.59. The minimum atomic E-state index is 0.885. The second-order valence-electron chi connectivity index (χ2n) is 2.96. The number of hydrogen-bond acceptors (Lipinski definition) is 0. The van der Waals surface area contributed by atoms with Crippen LogP contribution in [0.1, 0.15) is 32.6 Å². The predicted octanol–water partition coefficient (Wildman–Crippen LogP) is 3.31. The Morgan fingerprint density at radius 3 is 2.40 bits per heavy atom. The van der Waals surface area contributed by atoms with Gasteiger partial charge in [-0.05, 0) is 25.7 Å². The van der Waals surface area contributed by atoms with Gasteiger partial charge in [-0.2, -0.15) is 0 Å². The van der Waals surface area contributed by atoms with Crippen LogP contribution in [0.3, 0.4) is 0 Å². The maximum atomic E-state index is 2.34. The first-order chi connectivity index (χ1) is 4.93.